The van der Waals surface area contributed by atoms with Gasteiger partial charge in [0.2, 0.25) is 0 Å². The van der Waals surface area contributed by atoms with Crippen LogP contribution in [0.3, 0.4) is 0 Å². The van der Waals surface area contributed by atoms with E-state index < -0.39 is 0 Å². The van der Waals surface area contributed by atoms with Gasteiger partial charge in [-0.2, -0.15) is 0 Å². The van der Waals surface area contributed by atoms with E-state index in [4.69, 9.17) is 9.47 Å². The smallest absolute Gasteiger partial charge is 0.156 e. The lowest BCUT2D eigenvalue weighted by molar-refractivity contribution is 0.281. The SMILES string of the molecule is CCCOc1ccc(OCCn2nnnc2C(C)(C)C)cc1. The van der Waals surface area contributed by atoms with Gasteiger partial charge in [-0.25, -0.2) is 4.68 Å². The normalized spacial score (nSPS) is 11.5. The first-order valence-electron chi connectivity index (χ1n) is 7.63. The molecule has 0 saturated heterocycles. The van der Waals surface area contributed by atoms with Crippen molar-refractivity contribution in [3.8, 4) is 11.5 Å². The van der Waals surface area contributed by atoms with Gasteiger partial charge in [0, 0.05) is 5.41 Å². The Morgan fingerprint density at radius 3 is 2.14 bits per heavy atom. The maximum absolute atomic E-state index is 5.73. The van der Waals surface area contributed by atoms with Crippen molar-refractivity contribution < 1.29 is 9.47 Å². The molecule has 0 saturated carbocycles. The summed E-state index contributed by atoms with van der Waals surface area (Å²) in [6.07, 6.45) is 1.00. The third-order valence-electron chi connectivity index (χ3n) is 3.07. The van der Waals surface area contributed by atoms with Gasteiger partial charge in [-0.05, 0) is 41.1 Å². The highest BCUT2D eigenvalue weighted by molar-refractivity contribution is 5.31. The van der Waals surface area contributed by atoms with Crippen molar-refractivity contribution in [2.75, 3.05) is 13.2 Å². The first-order valence-corrected chi connectivity index (χ1v) is 7.63. The lowest BCUT2D eigenvalue weighted by atomic mass is 9.96. The zero-order valence-electron chi connectivity index (χ0n) is 13.7. The molecule has 0 spiro atoms. The Kier molecular flexibility index (Phi) is 5.35. The van der Waals surface area contributed by atoms with Crippen LogP contribution in [0.25, 0.3) is 0 Å². The molecular weight excluding hydrogens is 280 g/mol. The molecule has 6 nitrogen and oxygen atoms in total. The highest BCUT2D eigenvalue weighted by Crippen LogP contribution is 2.19. The maximum atomic E-state index is 5.73. The summed E-state index contributed by atoms with van der Waals surface area (Å²) in [6.45, 7) is 10.2. The Labute approximate surface area is 131 Å². The lowest BCUT2D eigenvalue weighted by Crippen LogP contribution is -2.22. The summed E-state index contributed by atoms with van der Waals surface area (Å²) >= 11 is 0. The van der Waals surface area contributed by atoms with Crippen LogP contribution < -0.4 is 9.47 Å². The fourth-order valence-corrected chi connectivity index (χ4v) is 1.99. The summed E-state index contributed by atoms with van der Waals surface area (Å²) in [6, 6.07) is 7.66. The molecule has 0 radical (unpaired) electrons. The number of benzene rings is 1. The monoisotopic (exact) mass is 304 g/mol. The molecule has 0 aliphatic heterocycles. The zero-order chi connectivity index (χ0) is 16.0. The van der Waals surface area contributed by atoms with E-state index in [0.29, 0.717) is 13.2 Å². The van der Waals surface area contributed by atoms with Gasteiger partial charge in [0.25, 0.3) is 0 Å². The molecule has 1 aromatic carbocycles. The van der Waals surface area contributed by atoms with E-state index in [1.54, 1.807) is 4.68 Å². The van der Waals surface area contributed by atoms with Gasteiger partial charge in [0.05, 0.1) is 13.2 Å². The van der Waals surface area contributed by atoms with Crippen LogP contribution in [-0.4, -0.2) is 33.4 Å². The van der Waals surface area contributed by atoms with Gasteiger partial charge in [-0.3, -0.25) is 0 Å². The van der Waals surface area contributed by atoms with E-state index >= 15 is 0 Å². The third-order valence-corrected chi connectivity index (χ3v) is 3.07. The van der Waals surface area contributed by atoms with Crippen molar-refractivity contribution in [2.24, 2.45) is 0 Å². The van der Waals surface area contributed by atoms with Gasteiger partial charge < -0.3 is 9.47 Å². The first kappa shape index (κ1) is 16.3. The molecule has 120 valence electrons. The predicted octanol–water partition coefficient (Wildman–Crippen LogP) is 2.84. The minimum atomic E-state index is -0.0816. The zero-order valence-corrected chi connectivity index (χ0v) is 13.7. The highest BCUT2D eigenvalue weighted by atomic mass is 16.5. The molecule has 0 amide bonds. The third kappa shape index (κ3) is 4.44. The van der Waals surface area contributed by atoms with E-state index in [0.717, 1.165) is 30.4 Å². The number of tetrazole rings is 1. The summed E-state index contributed by atoms with van der Waals surface area (Å²) in [7, 11) is 0. The summed E-state index contributed by atoms with van der Waals surface area (Å²) in [5.41, 5.74) is -0.0816. The van der Waals surface area contributed by atoms with E-state index in [9.17, 15) is 0 Å². The topological polar surface area (TPSA) is 62.1 Å². The quantitative estimate of drug-likeness (QED) is 0.787. The van der Waals surface area contributed by atoms with Crippen LogP contribution in [0.4, 0.5) is 0 Å². The molecule has 0 bridgehead atoms. The average molecular weight is 304 g/mol. The van der Waals surface area contributed by atoms with Crippen molar-refractivity contribution in [1.29, 1.82) is 0 Å². The second kappa shape index (κ2) is 7.24. The number of aromatic nitrogens is 4. The van der Waals surface area contributed by atoms with Crippen LogP contribution in [0.5, 0.6) is 11.5 Å². The molecule has 6 heteroatoms. The van der Waals surface area contributed by atoms with Crippen molar-refractivity contribution >= 4 is 0 Å². The Hall–Kier alpha value is -2.11. The van der Waals surface area contributed by atoms with Crippen molar-refractivity contribution in [1.82, 2.24) is 20.2 Å². The molecule has 0 aliphatic rings. The van der Waals surface area contributed by atoms with Gasteiger partial charge in [-0.1, -0.05) is 27.7 Å². The largest absolute Gasteiger partial charge is 0.494 e. The molecule has 0 unspecified atom stereocenters. The fourth-order valence-electron chi connectivity index (χ4n) is 1.99. The summed E-state index contributed by atoms with van der Waals surface area (Å²) in [5.74, 6) is 2.54. The molecule has 0 fully saturated rings. The molecule has 0 N–H and O–H groups in total. The number of hydrogen-bond acceptors (Lipinski definition) is 5. The Bertz CT molecular complexity index is 573. The predicted molar refractivity (Wildman–Crippen MR) is 84.2 cm³/mol. The van der Waals surface area contributed by atoms with Crippen LogP contribution in [0.1, 0.15) is 39.9 Å². The molecule has 1 heterocycles. The number of hydrogen-bond donors (Lipinski definition) is 0. The summed E-state index contributed by atoms with van der Waals surface area (Å²) in [4.78, 5) is 0. The molecule has 22 heavy (non-hydrogen) atoms. The minimum absolute atomic E-state index is 0.0816. The minimum Gasteiger partial charge on any atom is -0.494 e. The number of rotatable bonds is 7. The number of ether oxygens (including phenoxy) is 2. The second-order valence-electron chi connectivity index (χ2n) is 6.14. The van der Waals surface area contributed by atoms with Crippen molar-refractivity contribution in [3.63, 3.8) is 0 Å². The van der Waals surface area contributed by atoms with Crippen LogP contribution in [0.15, 0.2) is 24.3 Å². The maximum Gasteiger partial charge on any atom is 0.156 e. The molecular formula is C16H24N4O2. The molecule has 0 atom stereocenters. The molecule has 2 aromatic rings. The highest BCUT2D eigenvalue weighted by Gasteiger charge is 2.21. The van der Waals surface area contributed by atoms with Crippen LogP contribution >= 0.6 is 0 Å². The van der Waals surface area contributed by atoms with Gasteiger partial charge in [0.1, 0.15) is 18.1 Å². The van der Waals surface area contributed by atoms with Crippen molar-refractivity contribution in [2.45, 2.75) is 46.1 Å². The van der Waals surface area contributed by atoms with E-state index in [1.807, 2.05) is 24.3 Å². The van der Waals surface area contributed by atoms with Gasteiger partial charge in [-0.15, -0.1) is 5.10 Å². The van der Waals surface area contributed by atoms with Crippen LogP contribution in [0, 0.1) is 0 Å². The Morgan fingerprint density at radius 2 is 1.59 bits per heavy atom. The molecule has 0 aliphatic carbocycles. The average Bonchev–Trinajstić information content (AvgIpc) is 2.95. The van der Waals surface area contributed by atoms with E-state index in [-0.39, 0.29) is 5.41 Å². The standard InChI is InChI=1S/C16H24N4O2/c1-5-11-21-13-6-8-14(9-7-13)22-12-10-20-15(16(2,3)4)17-18-19-20/h6-9H,5,10-12H2,1-4H3. The summed E-state index contributed by atoms with van der Waals surface area (Å²) < 4.78 is 13.1. The second-order valence-corrected chi connectivity index (χ2v) is 6.14. The fraction of sp³-hybridized carbons (Fsp3) is 0.562. The first-order chi connectivity index (χ1) is 10.5. The van der Waals surface area contributed by atoms with Crippen LogP contribution in [0.2, 0.25) is 0 Å². The van der Waals surface area contributed by atoms with Gasteiger partial charge in [0.15, 0.2) is 5.82 Å². The van der Waals surface area contributed by atoms with Gasteiger partial charge >= 0.3 is 0 Å². The molecule has 2 rings (SSSR count). The Morgan fingerprint density at radius 1 is 1.00 bits per heavy atom. The molecule has 1 aromatic heterocycles. The van der Waals surface area contributed by atoms with E-state index in [1.165, 1.54) is 0 Å². The number of nitrogens with zero attached hydrogens (tertiary/aromatic N) is 4. The van der Waals surface area contributed by atoms with Crippen LogP contribution in [-0.2, 0) is 12.0 Å². The van der Waals surface area contributed by atoms with E-state index in [2.05, 4.69) is 43.2 Å². The Balaban J connectivity index is 1.85. The van der Waals surface area contributed by atoms with Crippen molar-refractivity contribution in [3.05, 3.63) is 30.1 Å². The lowest BCUT2D eigenvalue weighted by Gasteiger charge is -2.17. The summed E-state index contributed by atoms with van der Waals surface area (Å²) in [5, 5.41) is 11.8.